The summed E-state index contributed by atoms with van der Waals surface area (Å²) < 4.78 is 46.3. The Bertz CT molecular complexity index is 1420. The van der Waals surface area contributed by atoms with E-state index in [4.69, 9.17) is 14.2 Å². The van der Waals surface area contributed by atoms with Crippen molar-refractivity contribution >= 4 is 22.0 Å². The summed E-state index contributed by atoms with van der Waals surface area (Å²) in [5, 5.41) is 0. The minimum absolute atomic E-state index is 0.0383. The van der Waals surface area contributed by atoms with Crippen LogP contribution in [0.3, 0.4) is 0 Å². The number of benzene rings is 2. The van der Waals surface area contributed by atoms with Crippen LogP contribution in [0.1, 0.15) is 73.4 Å². The van der Waals surface area contributed by atoms with E-state index in [0.717, 1.165) is 5.57 Å². The van der Waals surface area contributed by atoms with Gasteiger partial charge in [-0.15, -0.1) is 0 Å². The molecule has 0 aliphatic carbocycles. The molecule has 9 heteroatoms. The molecule has 0 aliphatic heterocycles. The van der Waals surface area contributed by atoms with Crippen molar-refractivity contribution in [3.05, 3.63) is 88.7 Å². The number of esters is 2. The van der Waals surface area contributed by atoms with Crippen LogP contribution in [0.15, 0.2) is 88.0 Å². The summed E-state index contributed by atoms with van der Waals surface area (Å²) in [6.07, 6.45) is 1.91. The molecule has 1 N–H and O–H groups in total. The Morgan fingerprint density at radius 3 is 1.90 bits per heavy atom. The average molecular weight is 584 g/mol. The van der Waals surface area contributed by atoms with Gasteiger partial charge in [-0.25, -0.2) is 18.0 Å². The summed E-state index contributed by atoms with van der Waals surface area (Å²) in [4.78, 5) is 26.9. The van der Waals surface area contributed by atoms with E-state index in [2.05, 4.69) is 10.5 Å². The second kappa shape index (κ2) is 13.8. The van der Waals surface area contributed by atoms with Crippen LogP contribution in [-0.4, -0.2) is 38.7 Å². The monoisotopic (exact) mass is 583 g/mol. The van der Waals surface area contributed by atoms with E-state index in [1.165, 1.54) is 31.4 Å². The van der Waals surface area contributed by atoms with E-state index < -0.39 is 39.2 Å². The number of hydrogen-bond donors (Lipinski definition) is 1. The SMILES string of the molecule is COc1ccc(S(=O)(=O)N[C@@H](C(=C=C(CC=C(C)C)C(=O)OC(C)(C)C)C(=O)OC(C)(C)C)c2ccccc2)cc1. The molecule has 0 radical (unpaired) electrons. The first kappa shape index (κ1) is 33.6. The molecule has 0 aromatic heterocycles. The van der Waals surface area contributed by atoms with Crippen LogP contribution >= 0.6 is 0 Å². The van der Waals surface area contributed by atoms with Gasteiger partial charge < -0.3 is 14.2 Å². The number of methoxy groups -OCH3 is 1. The van der Waals surface area contributed by atoms with Gasteiger partial charge in [0.2, 0.25) is 10.0 Å². The van der Waals surface area contributed by atoms with Gasteiger partial charge in [-0.1, -0.05) is 47.7 Å². The molecule has 0 aliphatic rings. The number of sulfonamides is 1. The fourth-order valence-corrected chi connectivity index (χ4v) is 4.68. The van der Waals surface area contributed by atoms with Crippen molar-refractivity contribution in [3.63, 3.8) is 0 Å². The Kier molecular flexibility index (Phi) is 11.3. The molecular formula is C32H41NO7S. The van der Waals surface area contributed by atoms with E-state index >= 15 is 0 Å². The third kappa shape index (κ3) is 11.0. The van der Waals surface area contributed by atoms with Gasteiger partial charge >= 0.3 is 11.9 Å². The van der Waals surface area contributed by atoms with E-state index in [0.29, 0.717) is 11.3 Å². The first-order valence-corrected chi connectivity index (χ1v) is 14.7. The first-order valence-electron chi connectivity index (χ1n) is 13.2. The number of nitrogens with one attached hydrogen (secondary N) is 1. The van der Waals surface area contributed by atoms with Gasteiger partial charge in [0.25, 0.3) is 0 Å². The highest BCUT2D eigenvalue weighted by molar-refractivity contribution is 7.89. The average Bonchev–Trinajstić information content (AvgIpc) is 2.86. The zero-order chi connectivity index (χ0) is 31.0. The van der Waals surface area contributed by atoms with Gasteiger partial charge in [0, 0.05) is 6.42 Å². The molecule has 222 valence electrons. The molecule has 2 aromatic rings. The Balaban J connectivity index is 2.88. The van der Waals surface area contributed by atoms with Crippen molar-refractivity contribution < 1.29 is 32.2 Å². The zero-order valence-corrected chi connectivity index (χ0v) is 26.1. The van der Waals surface area contributed by atoms with E-state index in [9.17, 15) is 18.0 Å². The lowest BCUT2D eigenvalue weighted by Crippen LogP contribution is -2.34. The fraction of sp³-hybridized carbons (Fsp3) is 0.406. The maximum Gasteiger partial charge on any atom is 0.344 e. The van der Waals surface area contributed by atoms with Crippen LogP contribution < -0.4 is 9.46 Å². The molecule has 2 aromatic carbocycles. The van der Waals surface area contributed by atoms with Crippen molar-refractivity contribution in [2.24, 2.45) is 0 Å². The summed E-state index contributed by atoms with van der Waals surface area (Å²) in [7, 11) is -2.70. The molecular weight excluding hydrogens is 542 g/mol. The molecule has 0 unspecified atom stereocenters. The lowest BCUT2D eigenvalue weighted by Gasteiger charge is -2.25. The van der Waals surface area contributed by atoms with Crippen molar-refractivity contribution in [3.8, 4) is 5.75 Å². The van der Waals surface area contributed by atoms with Crippen molar-refractivity contribution in [1.82, 2.24) is 4.72 Å². The largest absolute Gasteiger partial charge is 0.497 e. The van der Waals surface area contributed by atoms with Crippen LogP contribution in [0, 0.1) is 0 Å². The second-order valence-electron chi connectivity index (χ2n) is 11.6. The van der Waals surface area contributed by atoms with Gasteiger partial charge in [-0.05, 0) is 85.2 Å². The van der Waals surface area contributed by atoms with Crippen molar-refractivity contribution in [1.29, 1.82) is 0 Å². The van der Waals surface area contributed by atoms with Crippen molar-refractivity contribution in [2.75, 3.05) is 7.11 Å². The van der Waals surface area contributed by atoms with Crippen LogP contribution in [0.4, 0.5) is 0 Å². The predicted molar refractivity (Wildman–Crippen MR) is 159 cm³/mol. The Labute approximate surface area is 244 Å². The van der Waals surface area contributed by atoms with E-state index in [1.807, 2.05) is 13.8 Å². The predicted octanol–water partition coefficient (Wildman–Crippen LogP) is 6.21. The van der Waals surface area contributed by atoms with Crippen LogP contribution in [0.2, 0.25) is 0 Å². The molecule has 0 spiro atoms. The molecule has 0 heterocycles. The van der Waals surface area contributed by atoms with Gasteiger partial charge in [0.05, 0.1) is 23.6 Å². The molecule has 1 atom stereocenters. The normalized spacial score (nSPS) is 12.4. The molecule has 0 fully saturated rings. The van der Waals surface area contributed by atoms with Gasteiger partial charge in [-0.2, -0.15) is 4.72 Å². The number of hydrogen-bond acceptors (Lipinski definition) is 7. The molecule has 0 saturated heterocycles. The van der Waals surface area contributed by atoms with Crippen LogP contribution in [0.25, 0.3) is 0 Å². The number of rotatable bonds is 10. The highest BCUT2D eigenvalue weighted by Crippen LogP contribution is 2.28. The minimum atomic E-state index is -4.18. The van der Waals surface area contributed by atoms with Crippen molar-refractivity contribution in [2.45, 2.75) is 84.0 Å². The fourth-order valence-electron chi connectivity index (χ4n) is 3.49. The summed E-state index contributed by atoms with van der Waals surface area (Å²) in [6, 6.07) is 13.2. The van der Waals surface area contributed by atoms with Crippen LogP contribution in [-0.2, 0) is 29.1 Å². The lowest BCUT2D eigenvalue weighted by atomic mass is 9.98. The second-order valence-corrected chi connectivity index (χ2v) is 13.4. The summed E-state index contributed by atoms with van der Waals surface area (Å²) >= 11 is 0. The number of allylic oxidation sites excluding steroid dienone is 2. The molecule has 0 amide bonds. The zero-order valence-electron chi connectivity index (χ0n) is 25.3. The first-order chi connectivity index (χ1) is 18.9. The topological polar surface area (TPSA) is 108 Å². The Morgan fingerprint density at radius 2 is 1.41 bits per heavy atom. The maximum atomic E-state index is 13.7. The van der Waals surface area contributed by atoms with Gasteiger partial charge in [0.15, 0.2) is 0 Å². The molecule has 2 rings (SSSR count). The van der Waals surface area contributed by atoms with E-state index in [-0.39, 0.29) is 22.5 Å². The third-order valence-corrected chi connectivity index (χ3v) is 6.77. The summed E-state index contributed by atoms with van der Waals surface area (Å²) in [5.74, 6) is -1.02. The van der Waals surface area contributed by atoms with Gasteiger partial charge in [-0.3, -0.25) is 0 Å². The van der Waals surface area contributed by atoms with Gasteiger partial charge in [0.1, 0.15) is 22.5 Å². The highest BCUT2D eigenvalue weighted by Gasteiger charge is 2.32. The standard InChI is InChI=1S/C32H41NO7S/c1-22(2)15-16-24(29(34)39-31(3,4)5)21-27(30(35)40-32(6,7)8)28(23-13-11-10-12-14-23)33-41(36,37)26-19-17-25(38-9)18-20-26/h10-15,17-20,28,33H,16H2,1-9H3/t21?,28-/m1/s1. The number of carbonyl (C=O) groups excluding carboxylic acids is 2. The molecule has 0 saturated carbocycles. The molecule has 0 bridgehead atoms. The smallest absolute Gasteiger partial charge is 0.344 e. The minimum Gasteiger partial charge on any atom is -0.497 e. The molecule has 8 nitrogen and oxygen atoms in total. The maximum absolute atomic E-state index is 13.7. The summed E-state index contributed by atoms with van der Waals surface area (Å²) in [6.45, 7) is 14.0. The molecule has 41 heavy (non-hydrogen) atoms. The number of carbonyl (C=O) groups is 2. The Hall–Kier alpha value is -3.65. The summed E-state index contributed by atoms with van der Waals surface area (Å²) in [5.41, 5.74) is 2.46. The number of ether oxygens (including phenoxy) is 3. The third-order valence-electron chi connectivity index (χ3n) is 5.33. The van der Waals surface area contributed by atoms with E-state index in [1.54, 1.807) is 78.0 Å². The van der Waals surface area contributed by atoms with Crippen LogP contribution in [0.5, 0.6) is 5.75 Å². The quantitative estimate of drug-likeness (QED) is 0.153. The Morgan fingerprint density at radius 1 is 0.878 bits per heavy atom. The highest BCUT2D eigenvalue weighted by atomic mass is 32.2. The lowest BCUT2D eigenvalue weighted by molar-refractivity contribution is -0.150.